The summed E-state index contributed by atoms with van der Waals surface area (Å²) in [6, 6.07) is 3.46. The number of aliphatic hydroxyl groups is 1. The molecule has 0 unspecified atom stereocenters. The summed E-state index contributed by atoms with van der Waals surface area (Å²) in [6.45, 7) is 22.6. The monoisotopic (exact) mass is 2070 g/mol. The maximum absolute atomic E-state index is 15.7. The number of nitrogens with two attached hydrogens (primary N) is 2. The third-order valence-electron chi connectivity index (χ3n) is 26.1. The van der Waals surface area contributed by atoms with Gasteiger partial charge in [-0.15, -0.1) is 0 Å². The topological polar surface area (TPSA) is 674 Å². The number of carbonyl (C=O) groups is 20. The number of phenolic OH excluding ortho intramolecular Hbond substituents is 1. The molecule has 818 valence electrons. The Hall–Kier alpha value is -12.3. The van der Waals surface area contributed by atoms with Crippen molar-refractivity contribution < 1.29 is 111 Å². The molecule has 1 aliphatic heterocycles. The van der Waals surface area contributed by atoms with Crippen molar-refractivity contribution in [1.29, 1.82) is 0 Å². The van der Waals surface area contributed by atoms with E-state index in [9.17, 15) is 87.2 Å². The highest BCUT2D eigenvalue weighted by Crippen LogP contribution is 2.26. The van der Waals surface area contributed by atoms with Crippen LogP contribution in [-0.2, 0) is 115 Å². The first kappa shape index (κ1) is 126. The van der Waals surface area contributed by atoms with Crippen LogP contribution in [0.3, 0.4) is 0 Å². The number of ketones is 10. The summed E-state index contributed by atoms with van der Waals surface area (Å²) in [5.41, 5.74) is 20.6. The van der Waals surface area contributed by atoms with Crippen LogP contribution in [0.1, 0.15) is 243 Å². The molecule has 0 spiro atoms. The van der Waals surface area contributed by atoms with E-state index in [4.69, 9.17) is 11.5 Å². The van der Waals surface area contributed by atoms with Crippen LogP contribution in [0.5, 0.6) is 5.75 Å². The van der Waals surface area contributed by atoms with E-state index < -0.39 is 234 Å². The number of Topliss-reactive ketones (excluding diaryl/α,β-unsaturated/α-hetero) is 10. The summed E-state index contributed by atoms with van der Waals surface area (Å²) in [4.78, 5) is 281. The number of benzene rings is 3. The lowest BCUT2D eigenvalue weighted by Crippen LogP contribution is -2.64. The Morgan fingerprint density at radius 3 is 1.65 bits per heavy atom. The number of carboxylic acid groups (broad SMARTS) is 1. The van der Waals surface area contributed by atoms with E-state index >= 15 is 24.0 Å². The Morgan fingerprint density at radius 2 is 1.06 bits per heavy atom. The minimum Gasteiger partial charge on any atom is -0.508 e. The van der Waals surface area contributed by atoms with Gasteiger partial charge in [0.05, 0.1) is 92.1 Å². The van der Waals surface area contributed by atoms with Crippen molar-refractivity contribution in [2.75, 3.05) is 39.3 Å². The average molecular weight is 2070 g/mol. The second kappa shape index (κ2) is 64.2. The number of H-pyrrole nitrogens is 1. The van der Waals surface area contributed by atoms with E-state index in [2.05, 4.69) is 95.8 Å². The molecule has 0 saturated heterocycles. The van der Waals surface area contributed by atoms with Crippen LogP contribution in [0.4, 0.5) is 0 Å². The summed E-state index contributed by atoms with van der Waals surface area (Å²) in [6.07, 6.45) is 3.21. The van der Waals surface area contributed by atoms with Gasteiger partial charge in [0.15, 0.2) is 46.3 Å². The zero-order valence-corrected chi connectivity index (χ0v) is 88.1. The predicted octanol–water partition coefficient (Wildman–Crippen LogP) is 1.07. The number of para-hydroxylation sites is 1. The number of aliphatic hydroxyl groups excluding tert-OH is 1. The van der Waals surface area contributed by atoms with Crippen molar-refractivity contribution in [2.45, 2.75) is 353 Å². The van der Waals surface area contributed by atoms with Crippen LogP contribution in [-0.4, -0.2) is 284 Å². The minimum absolute atomic E-state index is 0.0344. The molecule has 25 N–H and O–H groups in total. The lowest BCUT2D eigenvalue weighted by Gasteiger charge is -2.33. The van der Waals surface area contributed by atoms with Gasteiger partial charge in [0.2, 0.25) is 64.7 Å². The molecule has 3 aromatic carbocycles. The minimum atomic E-state index is -2.19. The summed E-state index contributed by atoms with van der Waals surface area (Å²) < 4.78 is 0. The molecule has 18 atom stereocenters. The number of aromatic nitrogens is 1. The van der Waals surface area contributed by atoms with Crippen molar-refractivity contribution in [2.24, 2.45) is 23.3 Å². The number of carboxylic acids is 1. The van der Waals surface area contributed by atoms with Gasteiger partial charge in [0, 0.05) is 88.6 Å². The molecule has 1 aromatic heterocycles. The number of fused-ring (bicyclic) bond motifs is 1. The molecule has 43 nitrogen and oxygen atoms in total. The number of rotatable bonds is 50. The van der Waals surface area contributed by atoms with E-state index in [1.807, 2.05) is 26.0 Å². The normalized spacial score (nSPS) is 21.8. The number of allylic oxidation sites excluding steroid dienone is 2. The molecule has 0 radical (unpaired) electrons. The molecule has 4 aromatic rings. The van der Waals surface area contributed by atoms with Gasteiger partial charge in [-0.1, -0.05) is 120 Å². The van der Waals surface area contributed by atoms with Gasteiger partial charge in [-0.2, -0.15) is 0 Å². The van der Waals surface area contributed by atoms with E-state index in [1.165, 1.54) is 65.8 Å². The van der Waals surface area contributed by atoms with Crippen molar-refractivity contribution in [3.05, 3.63) is 114 Å². The van der Waals surface area contributed by atoms with E-state index in [0.29, 0.717) is 66.1 Å². The Bertz CT molecular complexity index is 5170. The van der Waals surface area contributed by atoms with Crippen molar-refractivity contribution in [1.82, 2.24) is 95.8 Å². The third-order valence-corrected chi connectivity index (χ3v) is 26.1. The maximum Gasteiger partial charge on any atom is 0.303 e. The number of phenols is 1. The van der Waals surface area contributed by atoms with E-state index in [1.54, 1.807) is 109 Å². The Morgan fingerprint density at radius 1 is 0.500 bits per heavy atom. The number of nitrogens with one attached hydrogen (secondary N) is 18. The van der Waals surface area contributed by atoms with Crippen molar-refractivity contribution in [3.63, 3.8) is 0 Å². The number of hydrazine groups is 2. The van der Waals surface area contributed by atoms with Crippen LogP contribution in [0.15, 0.2) is 97.2 Å². The van der Waals surface area contributed by atoms with Crippen LogP contribution in [0, 0.1) is 11.8 Å². The number of primary amides is 2. The highest BCUT2D eigenvalue weighted by atomic mass is 16.4. The number of aromatic amines is 1. The Labute approximate surface area is 865 Å². The first-order valence-corrected chi connectivity index (χ1v) is 51.2. The average Bonchev–Trinajstić information content (AvgIpc) is 1.29. The summed E-state index contributed by atoms with van der Waals surface area (Å²) in [5.74, 6) is -15.1. The van der Waals surface area contributed by atoms with Gasteiger partial charge in [-0.05, 0) is 187 Å². The van der Waals surface area contributed by atoms with Gasteiger partial charge >= 0.3 is 5.97 Å². The maximum atomic E-state index is 15.7. The summed E-state index contributed by atoms with van der Waals surface area (Å²) in [5, 5.41) is 69.0. The SMILES string of the molecule is CC(=O)N[C@@H](CC(C)C)C(=O)N[C@H](C(=O)N[C@@H](Cc1ccccc1)C(=O)N[C@]1(C)CCCCCC/C=C/CCC[C@@](C)(C(=O)CN[C@@H](C)C(=O)CCN[C@@H](C)C(=O)CCN[C@@H](C)C(=O)CCN[C@@H](C)C(=O)CN[C@H](C)C(=O)N[C@H](C)C(N)=O)NC(=O)[C@H](CC(C)C)NN[C@@H](CCC(N)=O)C(=O)CC(=O)[C@H](C)NCC(=O)[C@H](Cc2c[nH]c3ccccc23)NC(=O)[C@H](Cc2ccc(O)cc2)NN[C@@H](CCC(=O)O)C(=O)C1=O)[C@@H](C)O. The number of carbonyl (C=O) groups excluding carboxylic acids is 19. The van der Waals surface area contributed by atoms with Crippen molar-refractivity contribution in [3.8, 4) is 5.75 Å². The lowest BCUT2D eigenvalue weighted by molar-refractivity contribution is -0.144. The van der Waals surface area contributed by atoms with Gasteiger partial charge in [-0.3, -0.25) is 101 Å². The molecule has 2 heterocycles. The summed E-state index contributed by atoms with van der Waals surface area (Å²) in [7, 11) is 0. The van der Waals surface area contributed by atoms with E-state index in [-0.39, 0.29) is 150 Å². The molecule has 148 heavy (non-hydrogen) atoms. The molecule has 5 rings (SSSR count). The molecule has 0 aliphatic carbocycles. The smallest absolute Gasteiger partial charge is 0.303 e. The van der Waals surface area contributed by atoms with Crippen molar-refractivity contribution >= 4 is 128 Å². The standard InChI is InChI=1S/C105H160N20O23/c1-60(2)50-80(116-70(13)127)99(144)119-94(69(12)126)103(148)118-81(52-71-30-24-23-25-31-71)101(146)121-105(15)46-29-22-20-18-16-17-19-21-28-45-104(14,91(136)59-113-64(7)86(131)44-48-109-62(5)84(129)42-47-108-63(6)85(130)43-49-110-66(9)89(134)57-112-68(11)98(143)115-67(10)97(107)142)120-102(147)82(51-61(3)4)124-122-77(38-40-92(106)137)88(133)55-87(132)65(8)111-58-90(135)79(54-73-56-114-76-33-27-26-32-75(73)76)117-100(145)83(53-72-34-36-74(128)37-35-72)125-123-78(39-41-93(138)139)95(140)96(105)141/h17,19,23-27,30-37,56,60-69,77-83,94,108-114,122-126,128H,16,18,20-22,28-29,38-55,57-59H2,1-15H3,(H2,106,137)(H2,107,142)(H,115,143)(H,116,127)(H,117,145)(H,118,148)(H,119,144)(H,120,147)(H,121,146)(H,138,139)/b19-17+/t62-,63-,64-,65-,66-,67+,68+,69+,77-,78-,79-,80-,81-,82-,83-,94-,104-,105+/m0/s1. The molecular weight excluding hydrogens is 1910 g/mol. The lowest BCUT2D eigenvalue weighted by atomic mass is 9.84. The van der Waals surface area contributed by atoms with Gasteiger partial charge in [0.25, 0.3) is 0 Å². The summed E-state index contributed by atoms with van der Waals surface area (Å²) >= 11 is 0. The van der Waals surface area contributed by atoms with Crippen LogP contribution in [0.2, 0.25) is 0 Å². The Balaban J connectivity index is 1.47. The molecule has 0 fully saturated rings. The van der Waals surface area contributed by atoms with Gasteiger partial charge in [0.1, 0.15) is 47.5 Å². The molecule has 43 heteroatoms. The highest BCUT2D eigenvalue weighted by molar-refractivity contribution is 6.42. The number of aromatic hydroxyl groups is 1. The fraction of sp³-hybridized carbons (Fsp3) is 0.600. The predicted molar refractivity (Wildman–Crippen MR) is 555 cm³/mol. The fourth-order valence-electron chi connectivity index (χ4n) is 16.5. The molecule has 9 amide bonds. The quantitative estimate of drug-likeness (QED) is 0.0167. The molecule has 0 bridgehead atoms. The molecular formula is C105H160N20O23. The van der Waals surface area contributed by atoms with Crippen LogP contribution < -0.4 is 102 Å². The zero-order valence-electron chi connectivity index (χ0n) is 88.1. The number of hydrogen-bond acceptors (Lipinski definition) is 32. The first-order chi connectivity index (χ1) is 69.8. The molecule has 0 saturated carbocycles. The third kappa shape index (κ3) is 45.0. The molecule has 1 aliphatic rings. The van der Waals surface area contributed by atoms with Crippen LogP contribution >= 0.6 is 0 Å². The number of hydrogen-bond donors (Lipinski definition) is 23. The Kier molecular flexibility index (Phi) is 54.7. The number of aliphatic carboxylic acids is 1. The number of amides is 9. The van der Waals surface area contributed by atoms with Gasteiger partial charge < -0.3 is 95.6 Å². The largest absolute Gasteiger partial charge is 0.508 e. The second-order valence-electron chi connectivity index (χ2n) is 39.9. The highest BCUT2D eigenvalue weighted by Gasteiger charge is 2.45. The second-order valence-corrected chi connectivity index (χ2v) is 39.9. The van der Waals surface area contributed by atoms with Gasteiger partial charge in [-0.25, -0.2) is 21.7 Å². The van der Waals surface area contributed by atoms with Crippen LogP contribution in [0.25, 0.3) is 10.9 Å². The zero-order chi connectivity index (χ0) is 110. The first-order valence-electron chi connectivity index (χ1n) is 51.2. The van der Waals surface area contributed by atoms with E-state index in [0.717, 1.165) is 0 Å². The fourth-order valence-corrected chi connectivity index (χ4v) is 16.5.